The summed E-state index contributed by atoms with van der Waals surface area (Å²) in [5.41, 5.74) is 0. The summed E-state index contributed by atoms with van der Waals surface area (Å²) < 4.78 is 29.4. The SMILES string of the molecule is C/C(=N\S(=O)C(C)(C)C)NS(=O)C(C)(C)C. The Balaban J connectivity index is 4.61. The van der Waals surface area contributed by atoms with E-state index < -0.39 is 26.7 Å². The summed E-state index contributed by atoms with van der Waals surface area (Å²) in [6, 6.07) is 0. The highest BCUT2D eigenvalue weighted by Crippen LogP contribution is 2.13. The fraction of sp³-hybridized carbons (Fsp3) is 0.900. The molecule has 0 amide bonds. The van der Waals surface area contributed by atoms with E-state index in [-0.39, 0.29) is 4.75 Å². The van der Waals surface area contributed by atoms with Gasteiger partial charge in [0.25, 0.3) is 0 Å². The number of amidine groups is 1. The third kappa shape index (κ3) is 5.75. The number of hydrogen-bond acceptors (Lipinski definition) is 2. The van der Waals surface area contributed by atoms with E-state index >= 15 is 0 Å². The molecule has 2 atom stereocenters. The Kier molecular flexibility index (Phi) is 5.32. The largest absolute Gasteiger partial charge is 0.292 e. The van der Waals surface area contributed by atoms with Gasteiger partial charge in [-0.3, -0.25) is 4.72 Å². The summed E-state index contributed by atoms with van der Waals surface area (Å²) >= 11 is 0. The molecule has 6 heteroatoms. The van der Waals surface area contributed by atoms with Crippen molar-refractivity contribution in [1.82, 2.24) is 4.72 Å². The van der Waals surface area contributed by atoms with Crippen LogP contribution in [0.2, 0.25) is 0 Å². The Labute approximate surface area is 103 Å². The number of rotatable bonds is 2. The van der Waals surface area contributed by atoms with E-state index in [4.69, 9.17) is 0 Å². The van der Waals surface area contributed by atoms with Gasteiger partial charge in [-0.05, 0) is 48.5 Å². The monoisotopic (exact) mass is 266 g/mol. The Bertz CT molecular complexity index is 325. The Morgan fingerprint density at radius 2 is 1.44 bits per heavy atom. The van der Waals surface area contributed by atoms with Crippen molar-refractivity contribution in [2.75, 3.05) is 0 Å². The van der Waals surface area contributed by atoms with Gasteiger partial charge >= 0.3 is 0 Å². The van der Waals surface area contributed by atoms with Crippen LogP contribution in [-0.2, 0) is 22.0 Å². The maximum absolute atomic E-state index is 11.7. The highest BCUT2D eigenvalue weighted by molar-refractivity contribution is 7.86. The van der Waals surface area contributed by atoms with Gasteiger partial charge in [-0.2, -0.15) is 4.40 Å². The molecule has 96 valence electrons. The first kappa shape index (κ1) is 15.8. The van der Waals surface area contributed by atoms with Crippen molar-refractivity contribution in [3.05, 3.63) is 0 Å². The first-order chi connectivity index (χ1) is 6.94. The second-order valence-electron chi connectivity index (χ2n) is 5.52. The third-order valence-corrected chi connectivity index (χ3v) is 4.62. The van der Waals surface area contributed by atoms with E-state index in [9.17, 15) is 8.42 Å². The van der Waals surface area contributed by atoms with Crippen molar-refractivity contribution in [2.45, 2.75) is 58.0 Å². The van der Waals surface area contributed by atoms with Crippen LogP contribution in [0.5, 0.6) is 0 Å². The number of nitrogens with zero attached hydrogens (tertiary/aromatic N) is 1. The van der Waals surface area contributed by atoms with Crippen LogP contribution in [0.25, 0.3) is 0 Å². The van der Waals surface area contributed by atoms with Gasteiger partial charge in [0.15, 0.2) is 0 Å². The Morgan fingerprint density at radius 3 is 1.75 bits per heavy atom. The minimum atomic E-state index is -1.32. The van der Waals surface area contributed by atoms with Crippen molar-refractivity contribution in [3.8, 4) is 0 Å². The molecular weight excluding hydrogens is 244 g/mol. The van der Waals surface area contributed by atoms with Crippen LogP contribution in [0, 0.1) is 0 Å². The van der Waals surface area contributed by atoms with Crippen LogP contribution in [0.4, 0.5) is 0 Å². The molecule has 0 heterocycles. The van der Waals surface area contributed by atoms with Gasteiger partial charge in [0.1, 0.15) is 27.8 Å². The fourth-order valence-electron chi connectivity index (χ4n) is 0.567. The summed E-state index contributed by atoms with van der Waals surface area (Å²) in [4.78, 5) is 0. The number of hydrogen-bond donors (Lipinski definition) is 1. The summed E-state index contributed by atoms with van der Waals surface area (Å²) in [7, 11) is -2.55. The molecule has 0 aromatic carbocycles. The molecule has 0 bridgehead atoms. The molecule has 16 heavy (non-hydrogen) atoms. The van der Waals surface area contributed by atoms with Gasteiger partial charge in [-0.1, -0.05) is 0 Å². The molecule has 0 spiro atoms. The van der Waals surface area contributed by atoms with Gasteiger partial charge in [-0.25, -0.2) is 8.42 Å². The van der Waals surface area contributed by atoms with E-state index in [1.165, 1.54) is 0 Å². The number of nitrogens with one attached hydrogen (secondary N) is 1. The molecule has 0 rings (SSSR count). The standard InChI is InChI=1S/C10H22N2O2S2/c1-8(11-15(13)9(2,3)4)12-16(14)10(5,6)7/h1-7H3,(H,11,12). The average molecular weight is 266 g/mol. The highest BCUT2D eigenvalue weighted by Gasteiger charge is 2.22. The first-order valence-electron chi connectivity index (χ1n) is 5.10. The van der Waals surface area contributed by atoms with Crippen molar-refractivity contribution in [1.29, 1.82) is 0 Å². The van der Waals surface area contributed by atoms with Crippen LogP contribution in [0.3, 0.4) is 0 Å². The van der Waals surface area contributed by atoms with Crippen molar-refractivity contribution < 1.29 is 8.42 Å². The highest BCUT2D eigenvalue weighted by atomic mass is 32.2. The van der Waals surface area contributed by atoms with Crippen LogP contribution >= 0.6 is 0 Å². The molecule has 0 saturated heterocycles. The molecule has 1 N–H and O–H groups in total. The summed E-state index contributed by atoms with van der Waals surface area (Å²) in [5.74, 6) is 0.446. The van der Waals surface area contributed by atoms with Crippen molar-refractivity contribution in [3.63, 3.8) is 0 Å². The quantitative estimate of drug-likeness (QED) is 0.613. The lowest BCUT2D eigenvalue weighted by Crippen LogP contribution is -2.36. The molecule has 0 aliphatic rings. The molecule has 0 saturated carbocycles. The van der Waals surface area contributed by atoms with Crippen LogP contribution in [-0.4, -0.2) is 23.7 Å². The maximum Gasteiger partial charge on any atom is 0.146 e. The molecule has 0 aromatic heterocycles. The Morgan fingerprint density at radius 1 is 1.00 bits per heavy atom. The lowest BCUT2D eigenvalue weighted by atomic mass is 10.3. The van der Waals surface area contributed by atoms with Crippen LogP contribution in [0.15, 0.2) is 4.40 Å². The van der Waals surface area contributed by atoms with Crippen molar-refractivity contribution in [2.24, 2.45) is 4.40 Å². The van der Waals surface area contributed by atoms with E-state index in [2.05, 4.69) is 9.12 Å². The molecule has 4 nitrogen and oxygen atoms in total. The van der Waals surface area contributed by atoms with Crippen LogP contribution < -0.4 is 4.72 Å². The fourth-order valence-corrected chi connectivity index (χ4v) is 1.81. The summed E-state index contributed by atoms with van der Waals surface area (Å²) in [6.07, 6.45) is 0. The zero-order chi connectivity index (χ0) is 13.1. The maximum atomic E-state index is 11.7. The minimum Gasteiger partial charge on any atom is -0.292 e. The predicted molar refractivity (Wildman–Crippen MR) is 72.0 cm³/mol. The normalized spacial score (nSPS) is 18.1. The van der Waals surface area contributed by atoms with Gasteiger partial charge in [0, 0.05) is 0 Å². The topological polar surface area (TPSA) is 58.5 Å². The van der Waals surface area contributed by atoms with Gasteiger partial charge < -0.3 is 0 Å². The van der Waals surface area contributed by atoms with Crippen LogP contribution in [0.1, 0.15) is 48.5 Å². The molecule has 0 aliphatic heterocycles. The lowest BCUT2D eigenvalue weighted by molar-refractivity contribution is 0.645. The van der Waals surface area contributed by atoms with E-state index in [1.807, 2.05) is 41.5 Å². The van der Waals surface area contributed by atoms with Gasteiger partial charge in [0.2, 0.25) is 0 Å². The van der Waals surface area contributed by atoms with Gasteiger partial charge in [0.05, 0.1) is 9.49 Å². The van der Waals surface area contributed by atoms with E-state index in [0.717, 1.165) is 0 Å². The second-order valence-corrected chi connectivity index (χ2v) is 9.39. The Hall–Kier alpha value is -0.230. The van der Waals surface area contributed by atoms with E-state index in [0.29, 0.717) is 5.84 Å². The summed E-state index contributed by atoms with van der Waals surface area (Å²) in [5, 5.41) is 0. The van der Waals surface area contributed by atoms with Gasteiger partial charge in [-0.15, -0.1) is 0 Å². The minimum absolute atomic E-state index is 0.361. The predicted octanol–water partition coefficient (Wildman–Crippen LogP) is 1.92. The third-order valence-electron chi connectivity index (χ3n) is 1.54. The molecule has 2 unspecified atom stereocenters. The molecule has 0 aliphatic carbocycles. The smallest absolute Gasteiger partial charge is 0.146 e. The zero-order valence-corrected chi connectivity index (χ0v) is 12.7. The molecule has 0 radical (unpaired) electrons. The van der Waals surface area contributed by atoms with E-state index in [1.54, 1.807) is 6.92 Å². The second kappa shape index (κ2) is 5.40. The molecule has 0 fully saturated rings. The molecular formula is C10H22N2O2S2. The lowest BCUT2D eigenvalue weighted by Gasteiger charge is -2.19. The van der Waals surface area contributed by atoms with Crippen molar-refractivity contribution >= 4 is 27.8 Å². The average Bonchev–Trinajstić information content (AvgIpc) is 1.99. The summed E-state index contributed by atoms with van der Waals surface area (Å²) in [6.45, 7) is 12.8. The molecule has 0 aromatic rings. The first-order valence-corrected chi connectivity index (χ1v) is 7.36. The zero-order valence-electron chi connectivity index (χ0n) is 11.1.